The van der Waals surface area contributed by atoms with Crippen molar-refractivity contribution in [1.29, 1.82) is 5.26 Å². The third-order valence-corrected chi connectivity index (χ3v) is 4.43. The lowest BCUT2D eigenvalue weighted by molar-refractivity contribution is -0.140. The van der Waals surface area contributed by atoms with E-state index in [2.05, 4.69) is 0 Å². The van der Waals surface area contributed by atoms with Crippen LogP contribution in [-0.4, -0.2) is 29.9 Å². The molecule has 1 fully saturated rings. The number of fused-ring (bicyclic) bond motifs is 1. The molecule has 0 spiro atoms. The van der Waals surface area contributed by atoms with E-state index in [0.717, 1.165) is 37.9 Å². The van der Waals surface area contributed by atoms with E-state index < -0.39 is 17.8 Å². The predicted octanol–water partition coefficient (Wildman–Crippen LogP) is 2.23. The van der Waals surface area contributed by atoms with E-state index in [4.69, 9.17) is 4.74 Å². The van der Waals surface area contributed by atoms with Gasteiger partial charge in [-0.1, -0.05) is 18.2 Å². The van der Waals surface area contributed by atoms with Crippen LogP contribution in [0.15, 0.2) is 24.3 Å². The Labute approximate surface area is 129 Å². The van der Waals surface area contributed by atoms with E-state index in [9.17, 15) is 14.9 Å². The highest BCUT2D eigenvalue weighted by Gasteiger charge is 2.39. The number of hydrogen-bond acceptors (Lipinski definition) is 4. The van der Waals surface area contributed by atoms with Crippen LogP contribution in [0.25, 0.3) is 0 Å². The second kappa shape index (κ2) is 6.18. The fourth-order valence-corrected chi connectivity index (χ4v) is 3.23. The molecule has 1 amide bonds. The van der Waals surface area contributed by atoms with Crippen LogP contribution >= 0.6 is 0 Å². The van der Waals surface area contributed by atoms with Crippen LogP contribution in [0.4, 0.5) is 0 Å². The lowest BCUT2D eigenvalue weighted by Crippen LogP contribution is -2.39. The molecular formula is C17H18N2O3. The summed E-state index contributed by atoms with van der Waals surface area (Å²) in [6, 6.07) is 9.17. The molecule has 0 bridgehead atoms. The SMILES string of the molecule is N#CC1C(=O)Oc2ccccc2C1CC(=O)N1CCCCC1. The lowest BCUT2D eigenvalue weighted by Gasteiger charge is -2.31. The number of para-hydroxylation sites is 1. The largest absolute Gasteiger partial charge is 0.425 e. The highest BCUT2D eigenvalue weighted by Crippen LogP contribution is 2.39. The summed E-state index contributed by atoms with van der Waals surface area (Å²) >= 11 is 0. The number of esters is 1. The Morgan fingerprint density at radius 1 is 1.27 bits per heavy atom. The predicted molar refractivity (Wildman–Crippen MR) is 79.0 cm³/mol. The van der Waals surface area contributed by atoms with Crippen molar-refractivity contribution in [2.45, 2.75) is 31.6 Å². The molecule has 1 aromatic rings. The molecule has 0 aromatic heterocycles. The fraction of sp³-hybridized carbons (Fsp3) is 0.471. The number of carbonyl (C=O) groups excluding carboxylic acids is 2. The van der Waals surface area contributed by atoms with Crippen LogP contribution in [-0.2, 0) is 9.59 Å². The Morgan fingerprint density at radius 3 is 2.73 bits per heavy atom. The number of amides is 1. The number of nitriles is 1. The van der Waals surface area contributed by atoms with Gasteiger partial charge < -0.3 is 9.64 Å². The van der Waals surface area contributed by atoms with Crippen LogP contribution in [0.1, 0.15) is 37.2 Å². The topological polar surface area (TPSA) is 70.4 Å². The van der Waals surface area contributed by atoms with Crippen LogP contribution in [0.2, 0.25) is 0 Å². The van der Waals surface area contributed by atoms with Crippen LogP contribution in [0.5, 0.6) is 5.75 Å². The van der Waals surface area contributed by atoms with Crippen molar-refractivity contribution in [2.24, 2.45) is 5.92 Å². The van der Waals surface area contributed by atoms with Gasteiger partial charge in [-0.2, -0.15) is 5.26 Å². The number of ether oxygens (including phenoxy) is 1. The molecule has 3 rings (SSSR count). The maximum Gasteiger partial charge on any atom is 0.329 e. The van der Waals surface area contributed by atoms with E-state index >= 15 is 0 Å². The molecule has 1 saturated heterocycles. The van der Waals surface area contributed by atoms with Crippen molar-refractivity contribution in [3.8, 4) is 11.8 Å². The third kappa shape index (κ3) is 2.69. The van der Waals surface area contributed by atoms with E-state index in [1.165, 1.54) is 0 Å². The van der Waals surface area contributed by atoms with Crippen molar-refractivity contribution in [3.05, 3.63) is 29.8 Å². The third-order valence-electron chi connectivity index (χ3n) is 4.43. The van der Waals surface area contributed by atoms with E-state index in [1.807, 2.05) is 23.1 Å². The second-order valence-corrected chi connectivity index (χ2v) is 5.82. The first-order valence-electron chi connectivity index (χ1n) is 7.68. The fourth-order valence-electron chi connectivity index (χ4n) is 3.23. The lowest BCUT2D eigenvalue weighted by atomic mass is 9.81. The zero-order valence-electron chi connectivity index (χ0n) is 12.3. The van der Waals surface area contributed by atoms with Gasteiger partial charge in [0.05, 0.1) is 6.07 Å². The first kappa shape index (κ1) is 14.6. The van der Waals surface area contributed by atoms with Crippen LogP contribution in [0, 0.1) is 17.2 Å². The molecule has 2 aliphatic heterocycles. The molecule has 2 aliphatic rings. The molecule has 5 heteroatoms. The van der Waals surface area contributed by atoms with Gasteiger partial charge in [0.25, 0.3) is 0 Å². The minimum atomic E-state index is -0.913. The summed E-state index contributed by atoms with van der Waals surface area (Å²) in [4.78, 5) is 26.3. The number of rotatable bonds is 2. The molecule has 1 aromatic carbocycles. The van der Waals surface area contributed by atoms with E-state index in [-0.39, 0.29) is 12.3 Å². The first-order valence-corrected chi connectivity index (χ1v) is 7.68. The Kier molecular flexibility index (Phi) is 4.10. The average Bonchev–Trinajstić information content (AvgIpc) is 2.55. The maximum absolute atomic E-state index is 12.5. The second-order valence-electron chi connectivity index (χ2n) is 5.82. The number of nitrogens with zero attached hydrogens (tertiary/aromatic N) is 2. The van der Waals surface area contributed by atoms with Gasteiger partial charge in [-0.05, 0) is 25.3 Å². The van der Waals surface area contributed by atoms with Crippen molar-refractivity contribution >= 4 is 11.9 Å². The Hall–Kier alpha value is -2.35. The molecule has 22 heavy (non-hydrogen) atoms. The number of hydrogen-bond donors (Lipinski definition) is 0. The van der Waals surface area contributed by atoms with Gasteiger partial charge in [-0.3, -0.25) is 9.59 Å². The highest BCUT2D eigenvalue weighted by atomic mass is 16.5. The normalized spacial score (nSPS) is 24.1. The Balaban J connectivity index is 1.84. The first-order chi connectivity index (χ1) is 10.7. The molecule has 0 N–H and O–H groups in total. The summed E-state index contributed by atoms with van der Waals surface area (Å²) < 4.78 is 5.21. The molecule has 114 valence electrons. The van der Waals surface area contributed by atoms with Gasteiger partial charge in [0.15, 0.2) is 5.92 Å². The van der Waals surface area contributed by atoms with Gasteiger partial charge in [-0.15, -0.1) is 0 Å². The average molecular weight is 298 g/mol. The minimum Gasteiger partial charge on any atom is -0.425 e. The zero-order chi connectivity index (χ0) is 15.5. The summed E-state index contributed by atoms with van der Waals surface area (Å²) in [5.41, 5.74) is 0.777. The summed E-state index contributed by atoms with van der Waals surface area (Å²) in [5.74, 6) is -1.40. The smallest absolute Gasteiger partial charge is 0.329 e. The van der Waals surface area contributed by atoms with Crippen molar-refractivity contribution < 1.29 is 14.3 Å². The Bertz CT molecular complexity index is 629. The summed E-state index contributed by atoms with van der Waals surface area (Å²) in [7, 11) is 0. The van der Waals surface area contributed by atoms with Crippen molar-refractivity contribution in [1.82, 2.24) is 4.90 Å². The summed E-state index contributed by atoms with van der Waals surface area (Å²) in [6.45, 7) is 1.55. The molecule has 2 atom stereocenters. The van der Waals surface area contributed by atoms with Crippen LogP contribution < -0.4 is 4.74 Å². The van der Waals surface area contributed by atoms with Crippen molar-refractivity contribution in [3.63, 3.8) is 0 Å². The number of benzene rings is 1. The molecule has 5 nitrogen and oxygen atoms in total. The Morgan fingerprint density at radius 2 is 2.00 bits per heavy atom. The van der Waals surface area contributed by atoms with Gasteiger partial charge in [0.2, 0.25) is 5.91 Å². The molecule has 2 heterocycles. The van der Waals surface area contributed by atoms with Gasteiger partial charge >= 0.3 is 5.97 Å². The van der Waals surface area contributed by atoms with Gasteiger partial charge in [0.1, 0.15) is 5.75 Å². The monoisotopic (exact) mass is 298 g/mol. The molecule has 2 unspecified atom stereocenters. The van der Waals surface area contributed by atoms with Crippen LogP contribution in [0.3, 0.4) is 0 Å². The minimum absolute atomic E-state index is 0.0226. The number of likely N-dealkylation sites (tertiary alicyclic amines) is 1. The van der Waals surface area contributed by atoms with Crippen molar-refractivity contribution in [2.75, 3.05) is 13.1 Å². The molecule has 0 radical (unpaired) electrons. The summed E-state index contributed by atoms with van der Waals surface area (Å²) in [6.07, 6.45) is 3.39. The maximum atomic E-state index is 12.5. The molecular weight excluding hydrogens is 280 g/mol. The van der Waals surface area contributed by atoms with Gasteiger partial charge in [0, 0.05) is 31.0 Å². The molecule has 0 aliphatic carbocycles. The van der Waals surface area contributed by atoms with E-state index in [1.54, 1.807) is 12.1 Å². The van der Waals surface area contributed by atoms with Gasteiger partial charge in [-0.25, -0.2) is 0 Å². The number of carbonyl (C=O) groups is 2. The standard InChI is InChI=1S/C17H18N2O3/c18-11-14-13(10-16(20)19-8-4-1-5-9-19)12-6-2-3-7-15(12)22-17(14)21/h2-3,6-7,13-14H,1,4-5,8-10H2. The van der Waals surface area contributed by atoms with E-state index in [0.29, 0.717) is 5.75 Å². The molecule has 0 saturated carbocycles. The number of piperidine rings is 1. The quantitative estimate of drug-likeness (QED) is 0.620. The summed E-state index contributed by atoms with van der Waals surface area (Å²) in [5, 5.41) is 9.30. The highest BCUT2D eigenvalue weighted by molar-refractivity contribution is 5.84. The zero-order valence-corrected chi connectivity index (χ0v) is 12.3.